The van der Waals surface area contributed by atoms with Crippen LogP contribution in [0.3, 0.4) is 0 Å². The summed E-state index contributed by atoms with van der Waals surface area (Å²) in [6.45, 7) is 2.29. The van der Waals surface area contributed by atoms with Crippen molar-refractivity contribution in [2.45, 2.75) is 122 Å². The molecule has 23 heavy (non-hydrogen) atoms. The Morgan fingerprint density at radius 3 is 1.39 bits per heavy atom. The normalized spacial score (nSPS) is 11.1. The summed E-state index contributed by atoms with van der Waals surface area (Å²) in [4.78, 5) is 0. The number of rotatable bonds is 18. The Balaban J connectivity index is 3.04. The van der Waals surface area contributed by atoms with E-state index in [1.807, 2.05) is 0 Å². The van der Waals surface area contributed by atoms with Gasteiger partial charge in [-0.3, -0.25) is 0 Å². The lowest BCUT2D eigenvalue weighted by atomic mass is 10.1. The van der Waals surface area contributed by atoms with E-state index in [0.29, 0.717) is 0 Å². The minimum atomic E-state index is 0.735. The summed E-state index contributed by atoms with van der Waals surface area (Å²) >= 11 is 0. The van der Waals surface area contributed by atoms with Gasteiger partial charge in [-0.2, -0.15) is 5.26 Å². The third kappa shape index (κ3) is 21.2. The summed E-state index contributed by atoms with van der Waals surface area (Å²) in [5.41, 5.74) is 0. The smallest absolute Gasteiger partial charge is 0.0621 e. The molecule has 0 radical (unpaired) electrons. The highest BCUT2D eigenvalue weighted by Gasteiger charge is 1.92. The van der Waals surface area contributed by atoms with Gasteiger partial charge in [-0.15, -0.1) is 0 Å². The molecule has 1 heteroatoms. The van der Waals surface area contributed by atoms with Crippen molar-refractivity contribution in [3.8, 4) is 6.07 Å². The molecule has 0 aromatic rings. The van der Waals surface area contributed by atoms with E-state index in [2.05, 4.69) is 25.1 Å². The molecule has 0 unspecified atom stereocenters. The van der Waals surface area contributed by atoms with Crippen LogP contribution in [0.2, 0.25) is 0 Å². The van der Waals surface area contributed by atoms with Gasteiger partial charge in [0.25, 0.3) is 0 Å². The van der Waals surface area contributed by atoms with Crippen molar-refractivity contribution in [2.75, 3.05) is 0 Å². The molecule has 0 N–H and O–H groups in total. The maximum Gasteiger partial charge on any atom is 0.0621 e. The Labute approximate surface area is 146 Å². The van der Waals surface area contributed by atoms with E-state index in [9.17, 15) is 0 Å². The minimum Gasteiger partial charge on any atom is -0.198 e. The zero-order valence-electron chi connectivity index (χ0n) is 15.8. The molecule has 0 spiro atoms. The number of hydrogen-bond donors (Lipinski definition) is 0. The van der Waals surface area contributed by atoms with E-state index < -0.39 is 0 Å². The second-order valence-electron chi connectivity index (χ2n) is 6.91. The highest BCUT2D eigenvalue weighted by atomic mass is 14.2. The summed E-state index contributed by atoms with van der Waals surface area (Å²) < 4.78 is 0. The van der Waals surface area contributed by atoms with Crippen molar-refractivity contribution in [1.29, 1.82) is 5.26 Å². The minimum absolute atomic E-state index is 0.735. The van der Waals surface area contributed by atoms with Crippen LogP contribution in [0.5, 0.6) is 0 Å². The molecule has 0 aliphatic carbocycles. The Morgan fingerprint density at radius 1 is 0.565 bits per heavy atom. The second-order valence-corrected chi connectivity index (χ2v) is 6.91. The third-order valence-electron chi connectivity index (χ3n) is 4.55. The first-order chi connectivity index (χ1) is 11.4. The van der Waals surface area contributed by atoms with Gasteiger partial charge in [0.2, 0.25) is 0 Å². The van der Waals surface area contributed by atoms with Crippen LogP contribution in [0.15, 0.2) is 12.2 Å². The van der Waals surface area contributed by atoms with Gasteiger partial charge >= 0.3 is 0 Å². The van der Waals surface area contributed by atoms with Crippen molar-refractivity contribution < 1.29 is 0 Å². The number of nitriles is 1. The van der Waals surface area contributed by atoms with Gasteiger partial charge in [0.1, 0.15) is 0 Å². The molecule has 0 aliphatic rings. The first-order valence-corrected chi connectivity index (χ1v) is 10.4. The monoisotopic (exact) mass is 319 g/mol. The number of nitrogens with zero attached hydrogens (tertiary/aromatic N) is 1. The molecule has 0 saturated carbocycles. The van der Waals surface area contributed by atoms with Gasteiger partial charge in [0.05, 0.1) is 6.07 Å². The van der Waals surface area contributed by atoms with E-state index in [-0.39, 0.29) is 0 Å². The molecule has 134 valence electrons. The molecule has 0 amide bonds. The van der Waals surface area contributed by atoms with Crippen LogP contribution < -0.4 is 0 Å². The molecule has 0 heterocycles. The molecule has 0 saturated heterocycles. The maximum atomic E-state index is 8.45. The molecular formula is C22H41N. The second kappa shape index (κ2) is 21.2. The molecule has 0 fully saturated rings. The lowest BCUT2D eigenvalue weighted by Crippen LogP contribution is -1.81. The number of hydrogen-bond acceptors (Lipinski definition) is 1. The standard InChI is InChI=1S/C22H41N/c1-2-3-4-5-6-7-8-9-10-11-12-13-14-15-16-17-18-19-20-21-22-23/h13-14H,2-12,15-21H2,1H3. The van der Waals surface area contributed by atoms with Crippen LogP contribution in [0.4, 0.5) is 0 Å². The van der Waals surface area contributed by atoms with Crippen molar-refractivity contribution in [3.05, 3.63) is 12.2 Å². The maximum absolute atomic E-state index is 8.45. The summed E-state index contributed by atoms with van der Waals surface area (Å²) in [5, 5.41) is 8.45. The van der Waals surface area contributed by atoms with Crippen LogP contribution in [0, 0.1) is 11.3 Å². The highest BCUT2D eigenvalue weighted by Crippen LogP contribution is 2.12. The van der Waals surface area contributed by atoms with Crippen molar-refractivity contribution in [3.63, 3.8) is 0 Å². The molecule has 0 aromatic heterocycles. The summed E-state index contributed by atoms with van der Waals surface area (Å²) in [6.07, 6.45) is 28.6. The Kier molecular flexibility index (Phi) is 20.5. The van der Waals surface area contributed by atoms with Crippen LogP contribution in [-0.4, -0.2) is 0 Å². The van der Waals surface area contributed by atoms with E-state index in [4.69, 9.17) is 5.26 Å². The summed E-state index contributed by atoms with van der Waals surface area (Å²) in [6, 6.07) is 2.21. The predicted molar refractivity (Wildman–Crippen MR) is 104 cm³/mol. The van der Waals surface area contributed by atoms with E-state index in [1.165, 1.54) is 103 Å². The van der Waals surface area contributed by atoms with E-state index in [0.717, 1.165) is 12.8 Å². The van der Waals surface area contributed by atoms with Crippen molar-refractivity contribution >= 4 is 0 Å². The van der Waals surface area contributed by atoms with E-state index in [1.54, 1.807) is 0 Å². The van der Waals surface area contributed by atoms with Crippen molar-refractivity contribution in [2.24, 2.45) is 0 Å². The van der Waals surface area contributed by atoms with Crippen molar-refractivity contribution in [1.82, 2.24) is 0 Å². The van der Waals surface area contributed by atoms with Gasteiger partial charge in [-0.25, -0.2) is 0 Å². The molecule has 1 nitrogen and oxygen atoms in total. The average Bonchev–Trinajstić information content (AvgIpc) is 2.57. The largest absolute Gasteiger partial charge is 0.198 e. The average molecular weight is 320 g/mol. The zero-order chi connectivity index (χ0) is 16.8. The third-order valence-corrected chi connectivity index (χ3v) is 4.55. The lowest BCUT2D eigenvalue weighted by Gasteiger charge is -2.01. The fourth-order valence-electron chi connectivity index (χ4n) is 2.98. The summed E-state index contributed by atoms with van der Waals surface area (Å²) in [7, 11) is 0. The van der Waals surface area contributed by atoms with Crippen LogP contribution in [-0.2, 0) is 0 Å². The van der Waals surface area contributed by atoms with Crippen LogP contribution in [0.1, 0.15) is 122 Å². The SMILES string of the molecule is CCCCCCCCCCCCC=CCCCCCCCC#N. The molecular weight excluding hydrogens is 278 g/mol. The Hall–Kier alpha value is -0.770. The fourth-order valence-corrected chi connectivity index (χ4v) is 2.98. The van der Waals surface area contributed by atoms with Gasteiger partial charge in [-0.1, -0.05) is 96.1 Å². The first kappa shape index (κ1) is 22.2. The summed E-state index contributed by atoms with van der Waals surface area (Å²) in [5.74, 6) is 0. The topological polar surface area (TPSA) is 23.8 Å². The van der Waals surface area contributed by atoms with Gasteiger partial charge in [-0.05, 0) is 32.1 Å². The highest BCUT2D eigenvalue weighted by molar-refractivity contribution is 4.81. The number of allylic oxidation sites excluding steroid dienone is 2. The van der Waals surface area contributed by atoms with Gasteiger partial charge in [0, 0.05) is 6.42 Å². The Morgan fingerprint density at radius 2 is 0.957 bits per heavy atom. The molecule has 0 bridgehead atoms. The fraction of sp³-hybridized carbons (Fsp3) is 0.864. The van der Waals surface area contributed by atoms with Gasteiger partial charge in [0.15, 0.2) is 0 Å². The van der Waals surface area contributed by atoms with Crippen LogP contribution in [0.25, 0.3) is 0 Å². The molecule has 0 aliphatic heterocycles. The predicted octanol–water partition coefficient (Wildman–Crippen LogP) is 8.11. The Bertz CT molecular complexity index is 274. The molecule has 0 aromatic carbocycles. The molecule has 0 atom stereocenters. The van der Waals surface area contributed by atoms with E-state index >= 15 is 0 Å². The zero-order valence-corrected chi connectivity index (χ0v) is 15.8. The first-order valence-electron chi connectivity index (χ1n) is 10.4. The molecule has 0 rings (SSSR count). The van der Waals surface area contributed by atoms with Gasteiger partial charge < -0.3 is 0 Å². The quantitative estimate of drug-likeness (QED) is 0.185. The van der Waals surface area contributed by atoms with Crippen LogP contribution >= 0.6 is 0 Å². The lowest BCUT2D eigenvalue weighted by molar-refractivity contribution is 0.557. The number of unbranched alkanes of at least 4 members (excludes halogenated alkanes) is 16.